The first-order valence-electron chi connectivity index (χ1n) is 8.87. The maximum Gasteiger partial charge on any atom is 0.254 e. The van der Waals surface area contributed by atoms with E-state index in [4.69, 9.17) is 4.43 Å². The molecule has 2 aromatic rings. The summed E-state index contributed by atoms with van der Waals surface area (Å²) in [5.41, 5.74) is 0.875. The van der Waals surface area contributed by atoms with Gasteiger partial charge in [-0.1, -0.05) is 92.9 Å². The van der Waals surface area contributed by atoms with Crippen LogP contribution in [0.5, 0.6) is 0 Å². The summed E-state index contributed by atoms with van der Waals surface area (Å²) in [7, 11) is -2.34. The van der Waals surface area contributed by atoms with Crippen molar-refractivity contribution >= 4 is 18.7 Å². The van der Waals surface area contributed by atoms with E-state index in [2.05, 4.69) is 99.5 Å². The summed E-state index contributed by atoms with van der Waals surface area (Å²) in [6.45, 7) is 12.5. The van der Waals surface area contributed by atoms with Gasteiger partial charge in [0.05, 0.1) is 0 Å². The lowest BCUT2D eigenvalue weighted by Gasteiger charge is -2.32. The highest BCUT2D eigenvalue weighted by atomic mass is 28.4. The molecule has 2 heteroatoms. The van der Waals surface area contributed by atoms with Gasteiger partial charge < -0.3 is 4.43 Å². The number of benzene rings is 2. The number of rotatable bonds is 6. The molecule has 2 rings (SSSR count). The lowest BCUT2D eigenvalue weighted by Crippen LogP contribution is -2.59. The Bertz CT molecular complexity index is 698. The molecule has 0 amide bonds. The van der Waals surface area contributed by atoms with E-state index in [9.17, 15) is 0 Å². The molecule has 0 bridgehead atoms. The predicted octanol–water partition coefficient (Wildman–Crippen LogP) is 4.39. The largest absolute Gasteiger partial charge is 0.395 e. The maximum absolute atomic E-state index is 6.80. The number of hydrogen-bond donors (Lipinski definition) is 0. The van der Waals surface area contributed by atoms with Crippen LogP contribution in [0.4, 0.5) is 0 Å². The molecule has 0 aliphatic carbocycles. The molecule has 0 aromatic heterocycles. The third kappa shape index (κ3) is 5.46. The van der Waals surface area contributed by atoms with Gasteiger partial charge >= 0.3 is 0 Å². The summed E-state index contributed by atoms with van der Waals surface area (Å²) in [5.74, 6) is 6.96. The van der Waals surface area contributed by atoms with Crippen molar-refractivity contribution in [3.05, 3.63) is 72.8 Å². The zero-order valence-corrected chi connectivity index (χ0v) is 16.8. The van der Waals surface area contributed by atoms with Crippen LogP contribution in [0.2, 0.25) is 6.55 Å². The first kappa shape index (κ1) is 19.2. The van der Waals surface area contributed by atoms with Crippen LogP contribution < -0.4 is 10.4 Å². The zero-order valence-electron chi connectivity index (χ0n) is 15.8. The van der Waals surface area contributed by atoms with Gasteiger partial charge in [0.1, 0.15) is 6.10 Å². The fourth-order valence-corrected chi connectivity index (χ4v) is 5.85. The summed E-state index contributed by atoms with van der Waals surface area (Å²) in [4.78, 5) is 0. The second kappa shape index (κ2) is 8.85. The van der Waals surface area contributed by atoms with Gasteiger partial charge in [-0.15, -0.1) is 0 Å². The molecule has 0 aliphatic rings. The molecule has 0 radical (unpaired) electrons. The molecule has 130 valence electrons. The van der Waals surface area contributed by atoms with Gasteiger partial charge in [-0.05, 0) is 41.8 Å². The van der Waals surface area contributed by atoms with Crippen LogP contribution in [-0.2, 0) is 4.43 Å². The molecule has 2 aromatic carbocycles. The summed E-state index contributed by atoms with van der Waals surface area (Å²) in [6, 6.07) is 21.2. The predicted molar refractivity (Wildman–Crippen MR) is 111 cm³/mol. The summed E-state index contributed by atoms with van der Waals surface area (Å²) >= 11 is 0. The van der Waals surface area contributed by atoms with E-state index in [1.54, 1.807) is 0 Å². The van der Waals surface area contributed by atoms with Crippen LogP contribution in [0, 0.1) is 17.8 Å². The Morgan fingerprint density at radius 3 is 1.88 bits per heavy atom. The van der Waals surface area contributed by atoms with Crippen LogP contribution in [-0.4, -0.2) is 14.4 Å². The number of allylic oxidation sites excluding steroid dienone is 1. The molecule has 1 atom stereocenters. The van der Waals surface area contributed by atoms with Gasteiger partial charge in [0.25, 0.3) is 8.32 Å². The topological polar surface area (TPSA) is 9.23 Å². The van der Waals surface area contributed by atoms with Crippen LogP contribution in [0.3, 0.4) is 0 Å². The maximum atomic E-state index is 6.80. The van der Waals surface area contributed by atoms with Crippen molar-refractivity contribution in [1.82, 2.24) is 0 Å². The van der Waals surface area contributed by atoms with Crippen molar-refractivity contribution in [3.8, 4) is 11.8 Å². The smallest absolute Gasteiger partial charge is 0.254 e. The molecule has 0 fully saturated rings. The van der Waals surface area contributed by atoms with E-state index in [-0.39, 0.29) is 6.10 Å². The Morgan fingerprint density at radius 1 is 1.00 bits per heavy atom. The van der Waals surface area contributed by atoms with Gasteiger partial charge in [0.2, 0.25) is 0 Å². The van der Waals surface area contributed by atoms with E-state index in [0.717, 1.165) is 12.0 Å². The average Bonchev–Trinajstić information content (AvgIpc) is 2.60. The van der Waals surface area contributed by atoms with Crippen molar-refractivity contribution in [2.24, 2.45) is 5.92 Å². The number of hydrogen-bond acceptors (Lipinski definition) is 1. The van der Waals surface area contributed by atoms with E-state index in [0.29, 0.717) is 5.92 Å². The normalized spacial score (nSPS) is 12.4. The third-order valence-corrected chi connectivity index (χ3v) is 7.79. The van der Waals surface area contributed by atoms with Gasteiger partial charge in [0, 0.05) is 0 Å². The Morgan fingerprint density at radius 2 is 1.48 bits per heavy atom. The third-order valence-electron chi connectivity index (χ3n) is 4.16. The fraction of sp³-hybridized carbons (Fsp3) is 0.304. The second-order valence-corrected chi connectivity index (χ2v) is 10.5. The van der Waals surface area contributed by atoms with Gasteiger partial charge in [-0.25, -0.2) is 0 Å². The lowest BCUT2D eigenvalue weighted by molar-refractivity contribution is 0.227. The molecule has 0 heterocycles. The molecule has 0 aliphatic heterocycles. The molecular weight excluding hydrogens is 320 g/mol. The van der Waals surface area contributed by atoms with E-state index in [1.165, 1.54) is 10.4 Å². The van der Waals surface area contributed by atoms with Gasteiger partial charge in [-0.2, -0.15) is 0 Å². The highest BCUT2D eigenvalue weighted by molar-refractivity contribution is 6.96. The summed E-state index contributed by atoms with van der Waals surface area (Å²) in [6.07, 6.45) is 0.830. The highest BCUT2D eigenvalue weighted by Crippen LogP contribution is 2.16. The highest BCUT2D eigenvalue weighted by Gasteiger charge is 2.36. The van der Waals surface area contributed by atoms with Crippen molar-refractivity contribution < 1.29 is 4.43 Å². The quantitative estimate of drug-likeness (QED) is 0.556. The van der Waals surface area contributed by atoms with Crippen LogP contribution in [0.1, 0.15) is 27.2 Å². The monoisotopic (exact) mass is 348 g/mol. The molecular formula is C23H28OSi. The molecule has 1 nitrogen and oxygen atoms in total. The van der Waals surface area contributed by atoms with Crippen LogP contribution in [0.25, 0.3) is 0 Å². The molecule has 1 unspecified atom stereocenters. The van der Waals surface area contributed by atoms with Crippen LogP contribution >= 0.6 is 0 Å². The first-order valence-corrected chi connectivity index (χ1v) is 11.3. The minimum absolute atomic E-state index is 0.0891. The van der Waals surface area contributed by atoms with E-state index < -0.39 is 8.32 Å². The Labute approximate surface area is 153 Å². The molecule has 0 N–H and O–H groups in total. The molecule has 25 heavy (non-hydrogen) atoms. The minimum Gasteiger partial charge on any atom is -0.395 e. The molecule has 0 saturated carbocycles. The van der Waals surface area contributed by atoms with Crippen LogP contribution in [0.15, 0.2) is 72.8 Å². The summed E-state index contributed by atoms with van der Waals surface area (Å²) < 4.78 is 6.80. The summed E-state index contributed by atoms with van der Waals surface area (Å²) in [5, 5.41) is 2.54. The van der Waals surface area contributed by atoms with Gasteiger partial charge in [0.15, 0.2) is 0 Å². The standard InChI is InChI=1S/C23H28OSi/c1-19(2)16-17-21(18-20(3)4)24-25(5,22-12-8-6-9-13-22)23-14-10-7-11-15-23/h6-15,20-21H,1,18H2,2-5H3. The first-order chi connectivity index (χ1) is 11.9. The lowest BCUT2D eigenvalue weighted by atomic mass is 10.1. The average molecular weight is 349 g/mol. The molecule has 0 spiro atoms. The second-order valence-electron chi connectivity index (χ2n) is 7.05. The van der Waals surface area contributed by atoms with Crippen molar-refractivity contribution in [1.29, 1.82) is 0 Å². The SMILES string of the molecule is C=C(C)C#CC(CC(C)C)O[Si](C)(c1ccccc1)c1ccccc1. The Kier molecular flexibility index (Phi) is 6.81. The van der Waals surface area contributed by atoms with Crippen molar-refractivity contribution in [3.63, 3.8) is 0 Å². The van der Waals surface area contributed by atoms with Crippen molar-refractivity contribution in [2.75, 3.05) is 0 Å². The van der Waals surface area contributed by atoms with Crippen molar-refractivity contribution in [2.45, 2.75) is 39.8 Å². The van der Waals surface area contributed by atoms with Gasteiger partial charge in [-0.3, -0.25) is 0 Å². The Balaban J connectivity index is 2.45. The minimum atomic E-state index is -2.34. The van der Waals surface area contributed by atoms with E-state index >= 15 is 0 Å². The zero-order chi connectivity index (χ0) is 18.3. The molecule has 0 saturated heterocycles. The van der Waals surface area contributed by atoms with E-state index in [1.807, 2.05) is 6.92 Å². The Hall–Kier alpha value is -2.08. The fourth-order valence-electron chi connectivity index (χ4n) is 2.87.